The zero-order valence-corrected chi connectivity index (χ0v) is 8.16. The van der Waals surface area contributed by atoms with E-state index in [0.717, 1.165) is 12.3 Å². The number of nitrogens with zero attached hydrogens (tertiary/aromatic N) is 1. The van der Waals surface area contributed by atoms with Crippen LogP contribution in [0, 0.1) is 0 Å². The summed E-state index contributed by atoms with van der Waals surface area (Å²) < 4.78 is 5.45. The Morgan fingerprint density at radius 3 is 2.69 bits per heavy atom. The maximum Gasteiger partial charge on any atom is 0.122 e. The third-order valence-corrected chi connectivity index (χ3v) is 1.57. The first kappa shape index (κ1) is 9.99. The lowest BCUT2D eigenvalue weighted by molar-refractivity contribution is 0.308. The highest BCUT2D eigenvalue weighted by Gasteiger charge is 1.93. The maximum absolute atomic E-state index is 5.45. The van der Waals surface area contributed by atoms with Crippen LogP contribution in [0.25, 0.3) is 0 Å². The van der Waals surface area contributed by atoms with E-state index in [0.29, 0.717) is 12.6 Å². The van der Waals surface area contributed by atoms with Crippen LogP contribution in [0.5, 0.6) is 5.75 Å². The van der Waals surface area contributed by atoms with Crippen molar-refractivity contribution < 1.29 is 4.74 Å². The molecule has 0 radical (unpaired) electrons. The topological polar surface area (TPSA) is 34.1 Å². The minimum absolute atomic E-state index is 0.515. The van der Waals surface area contributed by atoms with Gasteiger partial charge in [0, 0.05) is 25.0 Å². The van der Waals surface area contributed by atoms with Crippen molar-refractivity contribution in [1.82, 2.24) is 10.3 Å². The van der Waals surface area contributed by atoms with Gasteiger partial charge in [-0.25, -0.2) is 0 Å². The largest absolute Gasteiger partial charge is 0.492 e. The molecule has 0 bridgehead atoms. The summed E-state index contributed by atoms with van der Waals surface area (Å²) in [5, 5.41) is 3.28. The van der Waals surface area contributed by atoms with Gasteiger partial charge in [0.2, 0.25) is 0 Å². The van der Waals surface area contributed by atoms with Crippen molar-refractivity contribution in [2.45, 2.75) is 19.9 Å². The van der Waals surface area contributed by atoms with Gasteiger partial charge in [-0.2, -0.15) is 0 Å². The molecule has 72 valence electrons. The predicted molar refractivity (Wildman–Crippen MR) is 52.9 cm³/mol. The van der Waals surface area contributed by atoms with Crippen LogP contribution in [-0.4, -0.2) is 24.2 Å². The van der Waals surface area contributed by atoms with Gasteiger partial charge in [-0.15, -0.1) is 0 Å². The van der Waals surface area contributed by atoms with E-state index < -0.39 is 0 Å². The summed E-state index contributed by atoms with van der Waals surface area (Å²) in [6.07, 6.45) is 3.45. The molecule has 0 aromatic carbocycles. The van der Waals surface area contributed by atoms with Gasteiger partial charge < -0.3 is 10.1 Å². The van der Waals surface area contributed by atoms with Gasteiger partial charge >= 0.3 is 0 Å². The predicted octanol–water partition coefficient (Wildman–Crippen LogP) is 1.46. The number of pyridine rings is 1. The molecule has 0 saturated heterocycles. The van der Waals surface area contributed by atoms with E-state index in [1.807, 2.05) is 12.1 Å². The fraction of sp³-hybridized carbons (Fsp3) is 0.500. The second kappa shape index (κ2) is 5.54. The number of hydrogen-bond donors (Lipinski definition) is 1. The lowest BCUT2D eigenvalue weighted by Gasteiger charge is -2.09. The Morgan fingerprint density at radius 1 is 1.38 bits per heavy atom. The first-order valence-corrected chi connectivity index (χ1v) is 4.55. The highest BCUT2D eigenvalue weighted by Crippen LogP contribution is 2.05. The lowest BCUT2D eigenvalue weighted by Crippen LogP contribution is -2.27. The molecule has 1 aromatic rings. The highest BCUT2D eigenvalue weighted by molar-refractivity contribution is 5.16. The van der Waals surface area contributed by atoms with Gasteiger partial charge in [0.1, 0.15) is 12.4 Å². The molecule has 13 heavy (non-hydrogen) atoms. The van der Waals surface area contributed by atoms with E-state index in [1.165, 1.54) is 0 Å². The monoisotopic (exact) mass is 180 g/mol. The zero-order chi connectivity index (χ0) is 9.52. The fourth-order valence-corrected chi connectivity index (χ4v) is 0.951. The minimum atomic E-state index is 0.515. The van der Waals surface area contributed by atoms with Gasteiger partial charge in [0.15, 0.2) is 0 Å². The summed E-state index contributed by atoms with van der Waals surface area (Å²) in [5.41, 5.74) is 0. The lowest BCUT2D eigenvalue weighted by atomic mass is 10.4. The first-order chi connectivity index (χ1) is 6.29. The number of ether oxygens (including phenoxy) is 1. The van der Waals surface area contributed by atoms with Crippen LogP contribution in [0.3, 0.4) is 0 Å². The smallest absolute Gasteiger partial charge is 0.122 e. The van der Waals surface area contributed by atoms with Crippen molar-refractivity contribution in [2.75, 3.05) is 13.2 Å². The Labute approximate surface area is 79.1 Å². The highest BCUT2D eigenvalue weighted by atomic mass is 16.5. The summed E-state index contributed by atoms with van der Waals surface area (Å²) in [4.78, 5) is 3.91. The molecule has 3 heteroatoms. The molecule has 0 aliphatic heterocycles. The Morgan fingerprint density at radius 2 is 2.08 bits per heavy atom. The Balaban J connectivity index is 2.13. The van der Waals surface area contributed by atoms with Crippen LogP contribution in [0.4, 0.5) is 0 Å². The molecule has 1 rings (SSSR count). The van der Waals surface area contributed by atoms with Crippen LogP contribution >= 0.6 is 0 Å². The molecule has 0 unspecified atom stereocenters. The maximum atomic E-state index is 5.45. The third-order valence-electron chi connectivity index (χ3n) is 1.57. The van der Waals surface area contributed by atoms with Gasteiger partial charge in [-0.3, -0.25) is 4.98 Å². The third kappa shape index (κ3) is 4.48. The molecule has 1 heterocycles. The van der Waals surface area contributed by atoms with Crippen LogP contribution < -0.4 is 10.1 Å². The van der Waals surface area contributed by atoms with E-state index in [1.54, 1.807) is 12.4 Å². The van der Waals surface area contributed by atoms with E-state index in [9.17, 15) is 0 Å². The Hall–Kier alpha value is -1.09. The Kier molecular flexibility index (Phi) is 4.26. The van der Waals surface area contributed by atoms with Crippen LogP contribution in [0.1, 0.15) is 13.8 Å². The Bertz CT molecular complexity index is 224. The summed E-state index contributed by atoms with van der Waals surface area (Å²) in [6.45, 7) is 5.81. The molecule has 0 aliphatic rings. The average molecular weight is 180 g/mol. The van der Waals surface area contributed by atoms with Crippen molar-refractivity contribution in [2.24, 2.45) is 0 Å². The van der Waals surface area contributed by atoms with Gasteiger partial charge in [0.05, 0.1) is 0 Å². The second-order valence-electron chi connectivity index (χ2n) is 3.14. The summed E-state index contributed by atoms with van der Waals surface area (Å²) in [6, 6.07) is 4.23. The van der Waals surface area contributed by atoms with Crippen molar-refractivity contribution in [1.29, 1.82) is 0 Å². The van der Waals surface area contributed by atoms with E-state index in [-0.39, 0.29) is 0 Å². The van der Waals surface area contributed by atoms with E-state index in [4.69, 9.17) is 4.74 Å². The van der Waals surface area contributed by atoms with Crippen LogP contribution in [-0.2, 0) is 0 Å². The van der Waals surface area contributed by atoms with E-state index in [2.05, 4.69) is 24.1 Å². The fourth-order valence-electron chi connectivity index (χ4n) is 0.951. The van der Waals surface area contributed by atoms with E-state index >= 15 is 0 Å². The standard InChI is InChI=1S/C10H16N2O/c1-9(2)12-7-8-13-10-3-5-11-6-4-10/h3-6,9,12H,7-8H2,1-2H3. The quantitative estimate of drug-likeness (QED) is 0.696. The molecule has 0 spiro atoms. The second-order valence-corrected chi connectivity index (χ2v) is 3.14. The zero-order valence-electron chi connectivity index (χ0n) is 8.16. The number of hydrogen-bond acceptors (Lipinski definition) is 3. The summed E-state index contributed by atoms with van der Waals surface area (Å²) in [5.74, 6) is 0.876. The van der Waals surface area contributed by atoms with Crippen LogP contribution in [0.15, 0.2) is 24.5 Å². The molecule has 0 aliphatic carbocycles. The molecular formula is C10H16N2O. The number of rotatable bonds is 5. The molecule has 1 aromatic heterocycles. The van der Waals surface area contributed by atoms with Crippen molar-refractivity contribution in [3.8, 4) is 5.75 Å². The molecule has 0 fully saturated rings. The number of aromatic nitrogens is 1. The summed E-state index contributed by atoms with van der Waals surface area (Å²) in [7, 11) is 0. The van der Waals surface area contributed by atoms with Crippen molar-refractivity contribution in [3.05, 3.63) is 24.5 Å². The first-order valence-electron chi connectivity index (χ1n) is 4.55. The van der Waals surface area contributed by atoms with Gasteiger partial charge in [0.25, 0.3) is 0 Å². The van der Waals surface area contributed by atoms with Crippen molar-refractivity contribution >= 4 is 0 Å². The average Bonchev–Trinajstić information content (AvgIpc) is 2.14. The molecule has 1 N–H and O–H groups in total. The van der Waals surface area contributed by atoms with Crippen molar-refractivity contribution in [3.63, 3.8) is 0 Å². The molecule has 0 amide bonds. The molecule has 0 saturated carbocycles. The molecular weight excluding hydrogens is 164 g/mol. The van der Waals surface area contributed by atoms with Gasteiger partial charge in [-0.1, -0.05) is 13.8 Å². The molecule has 3 nitrogen and oxygen atoms in total. The van der Waals surface area contributed by atoms with Gasteiger partial charge in [-0.05, 0) is 12.1 Å². The van der Waals surface area contributed by atoms with Crippen LogP contribution in [0.2, 0.25) is 0 Å². The minimum Gasteiger partial charge on any atom is -0.492 e. The SMILES string of the molecule is CC(C)NCCOc1ccncc1. The normalized spacial score (nSPS) is 10.4. The molecule has 0 atom stereocenters. The number of nitrogens with one attached hydrogen (secondary N) is 1. The summed E-state index contributed by atoms with van der Waals surface area (Å²) >= 11 is 0.